The highest BCUT2D eigenvalue weighted by molar-refractivity contribution is 6.02. The van der Waals surface area contributed by atoms with Crippen LogP contribution in [0.4, 0.5) is 11.4 Å². The Morgan fingerprint density at radius 2 is 1.60 bits per heavy atom. The standard InChI is InChI=1S/C23H24N4O3/c1-14-5-6-16(3)20(11-14)25-21(28)13-27-22(29)10-9-19(26-27)23(30)24-18-8-7-15(2)17(4)12-18/h5-12H,13H2,1-4H3,(H,24,30)(H,25,28). The number of hydrogen-bond donors (Lipinski definition) is 2. The lowest BCUT2D eigenvalue weighted by molar-refractivity contribution is -0.117. The predicted molar refractivity (Wildman–Crippen MR) is 117 cm³/mol. The lowest BCUT2D eigenvalue weighted by Gasteiger charge is -2.11. The molecule has 0 bridgehead atoms. The van der Waals surface area contributed by atoms with Crippen molar-refractivity contribution in [2.24, 2.45) is 0 Å². The Hall–Kier alpha value is -3.74. The van der Waals surface area contributed by atoms with E-state index in [1.54, 1.807) is 6.07 Å². The minimum absolute atomic E-state index is 0.0485. The Labute approximate surface area is 174 Å². The first-order valence-corrected chi connectivity index (χ1v) is 9.57. The number of benzene rings is 2. The van der Waals surface area contributed by atoms with Gasteiger partial charge in [-0.25, -0.2) is 4.68 Å². The molecule has 2 aromatic carbocycles. The van der Waals surface area contributed by atoms with E-state index in [4.69, 9.17) is 0 Å². The fourth-order valence-electron chi connectivity index (χ4n) is 2.89. The quantitative estimate of drug-likeness (QED) is 0.682. The molecule has 30 heavy (non-hydrogen) atoms. The summed E-state index contributed by atoms with van der Waals surface area (Å²) in [6, 6.07) is 13.9. The average molecular weight is 404 g/mol. The van der Waals surface area contributed by atoms with Crippen molar-refractivity contribution in [1.29, 1.82) is 0 Å². The third kappa shape index (κ3) is 5.00. The van der Waals surface area contributed by atoms with Crippen molar-refractivity contribution in [3.63, 3.8) is 0 Å². The second-order valence-electron chi connectivity index (χ2n) is 7.33. The number of aromatic nitrogens is 2. The summed E-state index contributed by atoms with van der Waals surface area (Å²) < 4.78 is 0.982. The Morgan fingerprint density at radius 1 is 0.867 bits per heavy atom. The molecule has 7 heteroatoms. The summed E-state index contributed by atoms with van der Waals surface area (Å²) in [6.45, 7) is 7.46. The first-order valence-electron chi connectivity index (χ1n) is 9.57. The van der Waals surface area contributed by atoms with Crippen LogP contribution in [0.5, 0.6) is 0 Å². The Kier molecular flexibility index (Phi) is 6.11. The summed E-state index contributed by atoms with van der Waals surface area (Å²) in [5.74, 6) is -0.855. The van der Waals surface area contributed by atoms with E-state index in [1.165, 1.54) is 12.1 Å². The van der Waals surface area contributed by atoms with Gasteiger partial charge in [-0.15, -0.1) is 0 Å². The highest BCUT2D eigenvalue weighted by Crippen LogP contribution is 2.16. The number of carbonyl (C=O) groups is 2. The van der Waals surface area contributed by atoms with Crippen molar-refractivity contribution >= 4 is 23.2 Å². The summed E-state index contributed by atoms with van der Waals surface area (Å²) in [5, 5.41) is 9.61. The monoisotopic (exact) mass is 404 g/mol. The molecule has 0 radical (unpaired) electrons. The van der Waals surface area contributed by atoms with Crippen molar-refractivity contribution in [2.45, 2.75) is 34.2 Å². The van der Waals surface area contributed by atoms with Crippen LogP contribution in [0, 0.1) is 27.7 Å². The Morgan fingerprint density at radius 3 is 2.33 bits per heavy atom. The lowest BCUT2D eigenvalue weighted by Crippen LogP contribution is -2.31. The SMILES string of the molecule is Cc1ccc(C)c(NC(=O)Cn2nc(C(=O)Nc3ccc(C)c(C)c3)ccc2=O)c1. The van der Waals surface area contributed by atoms with Crippen LogP contribution in [0.1, 0.15) is 32.7 Å². The van der Waals surface area contributed by atoms with Gasteiger partial charge in [0, 0.05) is 17.4 Å². The van der Waals surface area contributed by atoms with E-state index in [1.807, 2.05) is 58.0 Å². The third-order valence-electron chi connectivity index (χ3n) is 4.82. The first kappa shape index (κ1) is 21.0. The number of nitrogens with one attached hydrogen (secondary N) is 2. The van der Waals surface area contributed by atoms with E-state index >= 15 is 0 Å². The molecular weight excluding hydrogens is 380 g/mol. The van der Waals surface area contributed by atoms with Gasteiger partial charge in [0.15, 0.2) is 0 Å². The molecule has 0 saturated carbocycles. The fraction of sp³-hybridized carbons (Fsp3) is 0.217. The molecule has 0 unspecified atom stereocenters. The van der Waals surface area contributed by atoms with Gasteiger partial charge < -0.3 is 10.6 Å². The Balaban J connectivity index is 1.75. The predicted octanol–water partition coefficient (Wildman–Crippen LogP) is 3.37. The molecule has 0 spiro atoms. The number of nitrogens with zero attached hydrogens (tertiary/aromatic N) is 2. The van der Waals surface area contributed by atoms with Crippen LogP contribution in [-0.4, -0.2) is 21.6 Å². The second-order valence-corrected chi connectivity index (χ2v) is 7.33. The van der Waals surface area contributed by atoms with Gasteiger partial charge in [-0.2, -0.15) is 5.10 Å². The van der Waals surface area contributed by atoms with Gasteiger partial charge >= 0.3 is 0 Å². The maximum Gasteiger partial charge on any atom is 0.276 e. The van der Waals surface area contributed by atoms with Crippen molar-refractivity contribution < 1.29 is 9.59 Å². The van der Waals surface area contributed by atoms with Crippen molar-refractivity contribution in [1.82, 2.24) is 9.78 Å². The maximum absolute atomic E-state index is 12.5. The smallest absolute Gasteiger partial charge is 0.276 e. The zero-order valence-electron chi connectivity index (χ0n) is 17.4. The summed E-state index contributed by atoms with van der Waals surface area (Å²) in [5.41, 5.74) is 4.99. The summed E-state index contributed by atoms with van der Waals surface area (Å²) >= 11 is 0. The molecule has 2 amide bonds. The molecule has 0 aliphatic heterocycles. The first-order chi connectivity index (χ1) is 14.2. The molecule has 1 heterocycles. The number of anilines is 2. The molecule has 2 N–H and O–H groups in total. The van der Waals surface area contributed by atoms with E-state index in [0.717, 1.165) is 26.9 Å². The largest absolute Gasteiger partial charge is 0.324 e. The van der Waals surface area contributed by atoms with Gasteiger partial charge in [0.1, 0.15) is 12.2 Å². The minimum Gasteiger partial charge on any atom is -0.324 e. The lowest BCUT2D eigenvalue weighted by atomic mass is 10.1. The molecule has 154 valence electrons. The zero-order chi connectivity index (χ0) is 21.8. The number of amides is 2. The summed E-state index contributed by atoms with van der Waals surface area (Å²) in [4.78, 5) is 37.1. The van der Waals surface area contributed by atoms with Gasteiger partial charge in [-0.05, 0) is 74.2 Å². The van der Waals surface area contributed by atoms with Crippen molar-refractivity contribution in [3.8, 4) is 0 Å². The van der Waals surface area contributed by atoms with E-state index in [9.17, 15) is 14.4 Å². The molecule has 0 saturated heterocycles. The van der Waals surface area contributed by atoms with Crippen LogP contribution in [0.25, 0.3) is 0 Å². The number of aryl methyl sites for hydroxylation is 4. The van der Waals surface area contributed by atoms with E-state index in [0.29, 0.717) is 11.4 Å². The molecule has 0 aliphatic carbocycles. The molecule has 3 aromatic rings. The van der Waals surface area contributed by atoms with E-state index < -0.39 is 17.4 Å². The molecule has 0 atom stereocenters. The normalized spacial score (nSPS) is 10.5. The summed E-state index contributed by atoms with van der Waals surface area (Å²) in [7, 11) is 0. The zero-order valence-corrected chi connectivity index (χ0v) is 17.4. The number of rotatable bonds is 5. The van der Waals surface area contributed by atoms with Crippen LogP contribution in [0.2, 0.25) is 0 Å². The minimum atomic E-state index is -0.464. The topological polar surface area (TPSA) is 93.1 Å². The van der Waals surface area contributed by atoms with E-state index in [-0.39, 0.29) is 12.2 Å². The van der Waals surface area contributed by atoms with Crippen molar-refractivity contribution in [2.75, 3.05) is 10.6 Å². The average Bonchev–Trinajstić information content (AvgIpc) is 2.69. The highest BCUT2D eigenvalue weighted by Gasteiger charge is 2.13. The molecule has 0 aliphatic rings. The maximum atomic E-state index is 12.5. The van der Waals surface area contributed by atoms with Gasteiger partial charge in [0.05, 0.1) is 0 Å². The van der Waals surface area contributed by atoms with Crippen LogP contribution in [0.3, 0.4) is 0 Å². The summed E-state index contributed by atoms with van der Waals surface area (Å²) in [6.07, 6.45) is 0. The van der Waals surface area contributed by atoms with Crippen LogP contribution in [0.15, 0.2) is 53.3 Å². The van der Waals surface area contributed by atoms with E-state index in [2.05, 4.69) is 15.7 Å². The van der Waals surface area contributed by atoms with Crippen molar-refractivity contribution in [3.05, 3.63) is 86.8 Å². The molecule has 1 aromatic heterocycles. The Bertz CT molecular complexity index is 1180. The molecule has 7 nitrogen and oxygen atoms in total. The van der Waals surface area contributed by atoms with Gasteiger partial charge in [-0.1, -0.05) is 18.2 Å². The van der Waals surface area contributed by atoms with Crippen LogP contribution < -0.4 is 16.2 Å². The van der Waals surface area contributed by atoms with Gasteiger partial charge in [0.25, 0.3) is 11.5 Å². The fourth-order valence-corrected chi connectivity index (χ4v) is 2.89. The highest BCUT2D eigenvalue weighted by atomic mass is 16.2. The van der Waals surface area contributed by atoms with Crippen LogP contribution in [-0.2, 0) is 11.3 Å². The second kappa shape index (κ2) is 8.73. The van der Waals surface area contributed by atoms with Gasteiger partial charge in [0.2, 0.25) is 5.91 Å². The molecule has 3 rings (SSSR count). The van der Waals surface area contributed by atoms with Gasteiger partial charge in [-0.3, -0.25) is 14.4 Å². The number of hydrogen-bond acceptors (Lipinski definition) is 4. The van der Waals surface area contributed by atoms with Crippen LogP contribution >= 0.6 is 0 Å². The molecular formula is C23H24N4O3. The third-order valence-corrected chi connectivity index (χ3v) is 4.82. The molecule has 0 fully saturated rings. The number of carbonyl (C=O) groups excluding carboxylic acids is 2.